The maximum absolute atomic E-state index is 12.7. The van der Waals surface area contributed by atoms with Crippen molar-refractivity contribution in [2.24, 2.45) is 0 Å². The number of carbonyl (C=O) groups is 1. The molecule has 1 fully saturated rings. The van der Waals surface area contributed by atoms with E-state index >= 15 is 0 Å². The fraction of sp³-hybridized carbons (Fsp3) is 0.435. The summed E-state index contributed by atoms with van der Waals surface area (Å²) in [4.78, 5) is 17.2. The summed E-state index contributed by atoms with van der Waals surface area (Å²) in [7, 11) is 0. The standard InChI is InChI=1S/C23H31N3O/c1-4-26(23(27)24-15-21-11-10-18(2)19(3)14-21)22-12-13-25(17-22)16-20-8-6-5-7-9-20/h5-11,14,22H,4,12-13,15-17H2,1-3H3,(H,24,27). The van der Waals surface area contributed by atoms with Gasteiger partial charge in [-0.3, -0.25) is 4.90 Å². The number of nitrogens with one attached hydrogen (secondary N) is 1. The number of hydrogen-bond donors (Lipinski definition) is 1. The van der Waals surface area contributed by atoms with Crippen LogP contribution in [-0.2, 0) is 13.1 Å². The lowest BCUT2D eigenvalue weighted by Gasteiger charge is -2.28. The highest BCUT2D eigenvalue weighted by Gasteiger charge is 2.29. The van der Waals surface area contributed by atoms with E-state index in [0.717, 1.165) is 38.2 Å². The SMILES string of the molecule is CCN(C(=O)NCc1ccc(C)c(C)c1)C1CCN(Cc2ccccc2)C1. The maximum atomic E-state index is 12.7. The Morgan fingerprint density at radius 2 is 1.89 bits per heavy atom. The van der Waals surface area contributed by atoms with Crippen LogP contribution in [0.2, 0.25) is 0 Å². The van der Waals surface area contributed by atoms with E-state index in [1.807, 2.05) is 4.90 Å². The average Bonchev–Trinajstić information content (AvgIpc) is 3.12. The van der Waals surface area contributed by atoms with Gasteiger partial charge in [0, 0.05) is 38.8 Å². The van der Waals surface area contributed by atoms with Gasteiger partial charge in [-0.05, 0) is 49.4 Å². The first-order chi connectivity index (χ1) is 13.1. The topological polar surface area (TPSA) is 35.6 Å². The van der Waals surface area contributed by atoms with Crippen LogP contribution in [0, 0.1) is 13.8 Å². The lowest BCUT2D eigenvalue weighted by Crippen LogP contribution is -2.46. The van der Waals surface area contributed by atoms with Crippen molar-refractivity contribution in [1.82, 2.24) is 15.1 Å². The van der Waals surface area contributed by atoms with Gasteiger partial charge in [-0.15, -0.1) is 0 Å². The highest BCUT2D eigenvalue weighted by Crippen LogP contribution is 2.18. The summed E-state index contributed by atoms with van der Waals surface area (Å²) in [5, 5.41) is 3.11. The molecule has 1 aliphatic heterocycles. The number of carbonyl (C=O) groups excluding carboxylic acids is 1. The van der Waals surface area contributed by atoms with Crippen LogP contribution < -0.4 is 5.32 Å². The van der Waals surface area contributed by atoms with Crippen molar-refractivity contribution in [1.29, 1.82) is 0 Å². The van der Waals surface area contributed by atoms with Gasteiger partial charge in [-0.2, -0.15) is 0 Å². The lowest BCUT2D eigenvalue weighted by molar-refractivity contribution is 0.176. The number of likely N-dealkylation sites (N-methyl/N-ethyl adjacent to an activating group) is 1. The van der Waals surface area contributed by atoms with E-state index in [4.69, 9.17) is 0 Å². The van der Waals surface area contributed by atoms with E-state index in [0.29, 0.717) is 12.6 Å². The molecular weight excluding hydrogens is 334 g/mol. The second kappa shape index (κ2) is 9.05. The van der Waals surface area contributed by atoms with E-state index in [9.17, 15) is 4.79 Å². The first-order valence-corrected chi connectivity index (χ1v) is 9.93. The molecule has 144 valence electrons. The van der Waals surface area contributed by atoms with Crippen LogP contribution in [0.3, 0.4) is 0 Å². The molecule has 1 aliphatic rings. The van der Waals surface area contributed by atoms with E-state index in [1.165, 1.54) is 16.7 Å². The molecule has 0 saturated carbocycles. The Balaban J connectivity index is 1.53. The van der Waals surface area contributed by atoms with E-state index in [-0.39, 0.29) is 6.03 Å². The predicted molar refractivity (Wildman–Crippen MR) is 111 cm³/mol. The third-order valence-electron chi connectivity index (χ3n) is 5.55. The largest absolute Gasteiger partial charge is 0.334 e. The van der Waals surface area contributed by atoms with Crippen molar-refractivity contribution in [3.63, 3.8) is 0 Å². The summed E-state index contributed by atoms with van der Waals surface area (Å²) in [6.45, 7) is 10.5. The summed E-state index contributed by atoms with van der Waals surface area (Å²) < 4.78 is 0. The number of benzene rings is 2. The van der Waals surface area contributed by atoms with Gasteiger partial charge in [0.25, 0.3) is 0 Å². The van der Waals surface area contributed by atoms with Gasteiger partial charge >= 0.3 is 6.03 Å². The van der Waals surface area contributed by atoms with Gasteiger partial charge in [-0.25, -0.2) is 4.79 Å². The molecule has 4 heteroatoms. The summed E-state index contributed by atoms with van der Waals surface area (Å²) in [5.74, 6) is 0. The molecule has 2 amide bonds. The quantitative estimate of drug-likeness (QED) is 0.836. The number of rotatable bonds is 6. The molecule has 4 nitrogen and oxygen atoms in total. The molecule has 2 aromatic carbocycles. The molecule has 0 radical (unpaired) electrons. The van der Waals surface area contributed by atoms with Crippen LogP contribution in [0.15, 0.2) is 48.5 Å². The highest BCUT2D eigenvalue weighted by molar-refractivity contribution is 5.74. The Kier molecular flexibility index (Phi) is 6.51. The van der Waals surface area contributed by atoms with E-state index < -0.39 is 0 Å². The van der Waals surface area contributed by atoms with Crippen LogP contribution in [-0.4, -0.2) is 41.5 Å². The molecule has 0 aliphatic carbocycles. The monoisotopic (exact) mass is 365 g/mol. The first-order valence-electron chi connectivity index (χ1n) is 9.93. The highest BCUT2D eigenvalue weighted by atomic mass is 16.2. The molecule has 1 heterocycles. The Bertz CT molecular complexity index is 759. The van der Waals surface area contributed by atoms with Crippen LogP contribution >= 0.6 is 0 Å². The number of urea groups is 1. The molecule has 0 aromatic heterocycles. The van der Waals surface area contributed by atoms with E-state index in [2.05, 4.69) is 79.5 Å². The first kappa shape index (κ1) is 19.4. The number of hydrogen-bond acceptors (Lipinski definition) is 2. The van der Waals surface area contributed by atoms with Crippen LogP contribution in [0.4, 0.5) is 4.79 Å². The summed E-state index contributed by atoms with van der Waals surface area (Å²) in [5.41, 5.74) is 5.03. The Labute approximate surface area is 163 Å². The summed E-state index contributed by atoms with van der Waals surface area (Å²) in [6, 6.07) is 17.3. The van der Waals surface area contributed by atoms with Crippen molar-refractivity contribution < 1.29 is 4.79 Å². The third-order valence-corrected chi connectivity index (χ3v) is 5.55. The van der Waals surface area contributed by atoms with Crippen molar-refractivity contribution in [3.05, 3.63) is 70.8 Å². The number of amides is 2. The lowest BCUT2D eigenvalue weighted by atomic mass is 10.1. The van der Waals surface area contributed by atoms with Crippen molar-refractivity contribution in [3.8, 4) is 0 Å². The number of likely N-dealkylation sites (tertiary alicyclic amines) is 1. The molecule has 27 heavy (non-hydrogen) atoms. The zero-order valence-electron chi connectivity index (χ0n) is 16.7. The summed E-state index contributed by atoms with van der Waals surface area (Å²) in [6.07, 6.45) is 1.04. The van der Waals surface area contributed by atoms with Crippen LogP contribution in [0.5, 0.6) is 0 Å². The van der Waals surface area contributed by atoms with Crippen molar-refractivity contribution >= 4 is 6.03 Å². The number of nitrogens with zero attached hydrogens (tertiary/aromatic N) is 2. The van der Waals surface area contributed by atoms with Gasteiger partial charge in [0.15, 0.2) is 0 Å². The molecule has 0 spiro atoms. The predicted octanol–water partition coefficient (Wildman–Crippen LogP) is 4.11. The smallest absolute Gasteiger partial charge is 0.317 e. The minimum absolute atomic E-state index is 0.0438. The van der Waals surface area contributed by atoms with E-state index in [1.54, 1.807) is 0 Å². The van der Waals surface area contributed by atoms with Gasteiger partial charge < -0.3 is 10.2 Å². The Morgan fingerprint density at radius 3 is 2.59 bits per heavy atom. The third kappa shape index (κ3) is 5.10. The Hall–Kier alpha value is -2.33. The van der Waals surface area contributed by atoms with Gasteiger partial charge in [-0.1, -0.05) is 48.5 Å². The van der Waals surface area contributed by atoms with Gasteiger partial charge in [0.05, 0.1) is 0 Å². The zero-order chi connectivity index (χ0) is 19.2. The number of aryl methyl sites for hydroxylation is 2. The fourth-order valence-corrected chi connectivity index (χ4v) is 3.81. The minimum atomic E-state index is 0.0438. The molecule has 0 bridgehead atoms. The van der Waals surface area contributed by atoms with Gasteiger partial charge in [0.1, 0.15) is 0 Å². The normalized spacial score (nSPS) is 17.1. The molecule has 1 saturated heterocycles. The van der Waals surface area contributed by atoms with Crippen molar-refractivity contribution in [2.45, 2.75) is 46.3 Å². The molecule has 1 atom stereocenters. The molecular formula is C23H31N3O. The fourth-order valence-electron chi connectivity index (χ4n) is 3.81. The average molecular weight is 366 g/mol. The maximum Gasteiger partial charge on any atom is 0.317 e. The Morgan fingerprint density at radius 1 is 1.11 bits per heavy atom. The van der Waals surface area contributed by atoms with Crippen LogP contribution in [0.25, 0.3) is 0 Å². The second-order valence-electron chi connectivity index (χ2n) is 7.53. The zero-order valence-corrected chi connectivity index (χ0v) is 16.7. The molecule has 1 N–H and O–H groups in total. The van der Waals surface area contributed by atoms with Crippen molar-refractivity contribution in [2.75, 3.05) is 19.6 Å². The van der Waals surface area contributed by atoms with Crippen LogP contribution in [0.1, 0.15) is 35.6 Å². The molecule has 2 aromatic rings. The second-order valence-corrected chi connectivity index (χ2v) is 7.53. The van der Waals surface area contributed by atoms with Gasteiger partial charge in [0.2, 0.25) is 0 Å². The summed E-state index contributed by atoms with van der Waals surface area (Å²) >= 11 is 0. The molecule has 1 unspecified atom stereocenters. The molecule has 3 rings (SSSR count). The minimum Gasteiger partial charge on any atom is -0.334 e.